The summed E-state index contributed by atoms with van der Waals surface area (Å²) in [6.07, 6.45) is 1.73. The van der Waals surface area contributed by atoms with Crippen molar-refractivity contribution in [2.75, 3.05) is 4.90 Å². The number of rotatable bonds is 2. The number of nitrogens with zero attached hydrogens (tertiary/aromatic N) is 3. The lowest BCUT2D eigenvalue weighted by molar-refractivity contribution is 0.573. The zero-order valence-corrected chi connectivity index (χ0v) is 24.3. The van der Waals surface area contributed by atoms with Crippen molar-refractivity contribution in [3.8, 4) is 11.5 Å². The van der Waals surface area contributed by atoms with E-state index in [9.17, 15) is 0 Å². The molecule has 0 fully saturated rings. The molecule has 0 atom stereocenters. The van der Waals surface area contributed by atoms with Gasteiger partial charge in [0.05, 0.1) is 11.4 Å². The molecule has 1 aliphatic rings. The van der Waals surface area contributed by atoms with Gasteiger partial charge < -0.3 is 9.32 Å². The Bertz CT molecular complexity index is 1590. The van der Waals surface area contributed by atoms with E-state index < -0.39 is 0 Å². The molecule has 1 aliphatic heterocycles. The Morgan fingerprint density at radius 2 is 1.28 bits per heavy atom. The lowest BCUT2D eigenvalue weighted by atomic mass is 9.70. The predicted molar refractivity (Wildman–Crippen MR) is 161 cm³/mol. The first kappa shape index (κ1) is 25.4. The second kappa shape index (κ2) is 8.54. The largest absolute Gasteiger partial charge is 0.418 e. The Balaban J connectivity index is 1.52. The molecule has 0 N–H and O–H groups in total. The van der Waals surface area contributed by atoms with Gasteiger partial charge in [-0.1, -0.05) is 79.7 Å². The Labute approximate surface area is 231 Å². The van der Waals surface area contributed by atoms with Crippen LogP contribution in [0.5, 0.6) is 0 Å². The van der Waals surface area contributed by atoms with Gasteiger partial charge in [0.25, 0.3) is 0 Å². The number of hydrogen-bond donors (Lipinski definition) is 0. The third kappa shape index (κ3) is 4.23. The van der Waals surface area contributed by atoms with Crippen LogP contribution in [0, 0.1) is 0 Å². The molecule has 0 radical (unpaired) electrons. The van der Waals surface area contributed by atoms with E-state index in [0.29, 0.717) is 11.6 Å². The molecule has 0 amide bonds. The number of hydrogen-bond acceptors (Lipinski definition) is 4. The van der Waals surface area contributed by atoms with Crippen molar-refractivity contribution in [1.82, 2.24) is 9.97 Å². The van der Waals surface area contributed by atoms with Gasteiger partial charge in [0, 0.05) is 22.9 Å². The van der Waals surface area contributed by atoms with Gasteiger partial charge in [-0.3, -0.25) is 0 Å². The molecule has 4 nitrogen and oxygen atoms in total. The lowest BCUT2D eigenvalue weighted by Crippen LogP contribution is -2.32. The minimum atomic E-state index is -0.144. The van der Waals surface area contributed by atoms with E-state index in [1.807, 2.05) is 12.1 Å². The molecular weight excluding hydrogens is 478 g/mol. The lowest BCUT2D eigenvalue weighted by Gasteiger charge is -2.43. The van der Waals surface area contributed by atoms with Crippen molar-refractivity contribution < 1.29 is 4.42 Å². The van der Waals surface area contributed by atoms with E-state index in [0.717, 1.165) is 16.8 Å². The summed E-state index contributed by atoms with van der Waals surface area (Å²) in [6, 6.07) is 26.3. The van der Waals surface area contributed by atoms with Crippen LogP contribution in [0.1, 0.15) is 77.6 Å². The summed E-state index contributed by atoms with van der Waals surface area (Å²) >= 11 is 0. The summed E-state index contributed by atoms with van der Waals surface area (Å²) in [5.74, 6) is 0.584. The molecule has 3 aromatic carbocycles. The molecule has 2 aromatic heterocycles. The zero-order valence-electron chi connectivity index (χ0n) is 24.3. The van der Waals surface area contributed by atoms with Crippen LogP contribution in [0.25, 0.3) is 22.7 Å². The second-order valence-corrected chi connectivity index (χ2v) is 13.3. The zero-order chi connectivity index (χ0) is 27.7. The fourth-order valence-electron chi connectivity index (χ4n) is 5.60. The molecule has 198 valence electrons. The minimum absolute atomic E-state index is 0.0690. The SMILES string of the molecule is CC(C)(C)c1ccc2c(c1)C(C)(C)c1cc(C(C)(C)C)ccc1N2c1ccc(-c2nc3cccnc3o2)cc1. The van der Waals surface area contributed by atoms with Crippen molar-refractivity contribution >= 4 is 28.3 Å². The summed E-state index contributed by atoms with van der Waals surface area (Å²) in [4.78, 5) is 11.3. The number of oxazole rings is 1. The Kier molecular flexibility index (Phi) is 5.55. The van der Waals surface area contributed by atoms with Crippen LogP contribution in [-0.4, -0.2) is 9.97 Å². The maximum Gasteiger partial charge on any atom is 0.247 e. The Hall–Kier alpha value is -3.92. The summed E-state index contributed by atoms with van der Waals surface area (Å²) in [6.45, 7) is 18.4. The van der Waals surface area contributed by atoms with Crippen LogP contribution in [0.15, 0.2) is 83.4 Å². The number of anilines is 3. The van der Waals surface area contributed by atoms with Crippen LogP contribution >= 0.6 is 0 Å². The highest BCUT2D eigenvalue weighted by Crippen LogP contribution is 2.53. The van der Waals surface area contributed by atoms with Crippen LogP contribution < -0.4 is 4.90 Å². The maximum absolute atomic E-state index is 5.93. The second-order valence-electron chi connectivity index (χ2n) is 13.3. The highest BCUT2D eigenvalue weighted by atomic mass is 16.4. The molecule has 4 heteroatoms. The van der Waals surface area contributed by atoms with Crippen LogP contribution in [0.4, 0.5) is 17.1 Å². The summed E-state index contributed by atoms with van der Waals surface area (Å²) in [7, 11) is 0. The van der Waals surface area contributed by atoms with Gasteiger partial charge in [-0.15, -0.1) is 0 Å². The smallest absolute Gasteiger partial charge is 0.247 e. The van der Waals surface area contributed by atoms with Gasteiger partial charge in [-0.2, -0.15) is 0 Å². The molecule has 39 heavy (non-hydrogen) atoms. The van der Waals surface area contributed by atoms with E-state index in [1.54, 1.807) is 6.20 Å². The van der Waals surface area contributed by atoms with Gasteiger partial charge in [0.2, 0.25) is 11.6 Å². The Morgan fingerprint density at radius 3 is 1.79 bits per heavy atom. The third-order valence-corrected chi connectivity index (χ3v) is 8.09. The monoisotopic (exact) mass is 515 g/mol. The normalized spacial score (nSPS) is 14.8. The molecule has 0 saturated carbocycles. The van der Waals surface area contributed by atoms with Gasteiger partial charge in [0.1, 0.15) is 5.52 Å². The molecule has 0 aliphatic carbocycles. The average Bonchev–Trinajstić information content (AvgIpc) is 3.32. The van der Waals surface area contributed by atoms with E-state index >= 15 is 0 Å². The van der Waals surface area contributed by atoms with Gasteiger partial charge in [0.15, 0.2) is 0 Å². The third-order valence-electron chi connectivity index (χ3n) is 8.09. The van der Waals surface area contributed by atoms with Gasteiger partial charge in [-0.25, -0.2) is 9.97 Å². The highest BCUT2D eigenvalue weighted by molar-refractivity contribution is 5.87. The Morgan fingerprint density at radius 1 is 0.718 bits per heavy atom. The molecular formula is C35H37N3O. The predicted octanol–water partition coefficient (Wildman–Crippen LogP) is 9.59. The molecule has 0 saturated heterocycles. The van der Waals surface area contributed by atoms with E-state index in [-0.39, 0.29) is 16.2 Å². The van der Waals surface area contributed by atoms with Crippen LogP contribution in [-0.2, 0) is 16.2 Å². The highest BCUT2D eigenvalue weighted by Gasteiger charge is 2.38. The first-order valence-electron chi connectivity index (χ1n) is 13.8. The van der Waals surface area contributed by atoms with Gasteiger partial charge >= 0.3 is 0 Å². The fourth-order valence-corrected chi connectivity index (χ4v) is 5.60. The quantitative estimate of drug-likeness (QED) is 0.235. The fraction of sp³-hybridized carbons (Fsp3) is 0.314. The van der Waals surface area contributed by atoms with Crippen molar-refractivity contribution in [2.45, 2.75) is 71.6 Å². The summed E-state index contributed by atoms with van der Waals surface area (Å²) < 4.78 is 5.93. The number of pyridine rings is 1. The van der Waals surface area contributed by atoms with Crippen LogP contribution in [0.2, 0.25) is 0 Å². The van der Waals surface area contributed by atoms with Crippen LogP contribution in [0.3, 0.4) is 0 Å². The van der Waals surface area contributed by atoms with E-state index in [1.165, 1.54) is 33.6 Å². The van der Waals surface area contributed by atoms with E-state index in [4.69, 9.17) is 4.42 Å². The topological polar surface area (TPSA) is 42.2 Å². The minimum Gasteiger partial charge on any atom is -0.418 e. The van der Waals surface area contributed by atoms with Gasteiger partial charge in [-0.05, 0) is 81.6 Å². The van der Waals surface area contributed by atoms with Crippen molar-refractivity contribution in [1.29, 1.82) is 0 Å². The maximum atomic E-state index is 5.93. The standard InChI is InChI=1S/C35H37N3O/c1-33(2,3)23-13-17-29-26(20-23)35(7,8)27-21-24(34(4,5)6)14-18-30(27)38(29)25-15-11-22(12-16-25)31-37-28-10-9-19-36-32(28)39-31/h9-21H,1-8H3. The molecule has 5 aromatic rings. The van der Waals surface area contributed by atoms with E-state index in [2.05, 4.69) is 131 Å². The number of aromatic nitrogens is 2. The molecule has 6 rings (SSSR count). The molecule has 0 spiro atoms. The first-order valence-corrected chi connectivity index (χ1v) is 13.8. The first-order chi connectivity index (χ1) is 18.3. The van der Waals surface area contributed by atoms with Crippen molar-refractivity contribution in [3.63, 3.8) is 0 Å². The number of benzene rings is 3. The summed E-state index contributed by atoms with van der Waals surface area (Å²) in [5, 5.41) is 0. The van der Waals surface area contributed by atoms with Crippen molar-refractivity contribution in [3.05, 3.63) is 101 Å². The summed E-state index contributed by atoms with van der Waals surface area (Å²) in [5.41, 5.74) is 11.2. The molecule has 0 unspecified atom stereocenters. The molecule has 0 bridgehead atoms. The molecule has 3 heterocycles. The van der Waals surface area contributed by atoms with Crippen molar-refractivity contribution in [2.24, 2.45) is 0 Å². The number of fused-ring (bicyclic) bond motifs is 3. The average molecular weight is 516 g/mol.